The first-order valence-corrected chi connectivity index (χ1v) is 4.62. The number of hydrogen-bond donors (Lipinski definition) is 1. The number of aliphatic carboxylic acids is 1. The van der Waals surface area contributed by atoms with Crippen LogP contribution in [-0.4, -0.2) is 23.0 Å². The lowest BCUT2D eigenvalue weighted by molar-refractivity contribution is -0.150. The molecule has 0 heterocycles. The maximum Gasteiger partial charge on any atom is 0.352 e. The van der Waals surface area contributed by atoms with E-state index in [9.17, 15) is 9.59 Å². The summed E-state index contributed by atoms with van der Waals surface area (Å²) >= 11 is 0. The SMILES string of the molecule is CCC(=O)C(Oc1ccccc1)C(=O)O. The van der Waals surface area contributed by atoms with Crippen LogP contribution in [0.25, 0.3) is 0 Å². The minimum atomic E-state index is -1.41. The highest BCUT2D eigenvalue weighted by Gasteiger charge is 2.26. The summed E-state index contributed by atoms with van der Waals surface area (Å²) in [4.78, 5) is 22.0. The molecule has 0 saturated heterocycles. The molecule has 1 aromatic carbocycles. The average Bonchev–Trinajstić information content (AvgIpc) is 2.26. The predicted molar refractivity (Wildman–Crippen MR) is 53.8 cm³/mol. The fourth-order valence-corrected chi connectivity index (χ4v) is 1.07. The highest BCUT2D eigenvalue weighted by Crippen LogP contribution is 2.12. The van der Waals surface area contributed by atoms with Crippen molar-refractivity contribution in [1.29, 1.82) is 0 Å². The second kappa shape index (κ2) is 5.14. The van der Waals surface area contributed by atoms with E-state index in [-0.39, 0.29) is 6.42 Å². The second-order valence-corrected chi connectivity index (χ2v) is 2.97. The molecule has 4 nitrogen and oxygen atoms in total. The Morgan fingerprint density at radius 3 is 2.40 bits per heavy atom. The lowest BCUT2D eigenvalue weighted by Gasteiger charge is -2.12. The minimum absolute atomic E-state index is 0.143. The van der Waals surface area contributed by atoms with Gasteiger partial charge in [-0.1, -0.05) is 25.1 Å². The number of rotatable bonds is 5. The van der Waals surface area contributed by atoms with E-state index in [1.165, 1.54) is 0 Å². The van der Waals surface area contributed by atoms with Crippen LogP contribution in [0.1, 0.15) is 13.3 Å². The molecule has 15 heavy (non-hydrogen) atoms. The normalized spacial score (nSPS) is 11.8. The van der Waals surface area contributed by atoms with E-state index in [0.29, 0.717) is 5.75 Å². The van der Waals surface area contributed by atoms with E-state index in [1.54, 1.807) is 37.3 Å². The van der Waals surface area contributed by atoms with Crippen LogP contribution in [-0.2, 0) is 9.59 Å². The molecule has 80 valence electrons. The van der Waals surface area contributed by atoms with Gasteiger partial charge in [0.2, 0.25) is 0 Å². The fraction of sp³-hybridized carbons (Fsp3) is 0.273. The Balaban J connectivity index is 2.76. The average molecular weight is 208 g/mol. The van der Waals surface area contributed by atoms with Crippen LogP contribution in [0.5, 0.6) is 5.75 Å². The van der Waals surface area contributed by atoms with E-state index >= 15 is 0 Å². The number of carboxylic acid groups (broad SMARTS) is 1. The molecule has 0 aromatic heterocycles. The summed E-state index contributed by atoms with van der Waals surface area (Å²) in [6, 6.07) is 8.43. The van der Waals surface area contributed by atoms with Crippen molar-refractivity contribution >= 4 is 11.8 Å². The zero-order valence-corrected chi connectivity index (χ0v) is 8.34. The van der Waals surface area contributed by atoms with Crippen LogP contribution in [0.2, 0.25) is 0 Å². The number of ketones is 1. The topological polar surface area (TPSA) is 63.6 Å². The summed E-state index contributed by atoms with van der Waals surface area (Å²) in [6.07, 6.45) is -1.26. The van der Waals surface area contributed by atoms with Crippen molar-refractivity contribution in [2.24, 2.45) is 0 Å². The molecule has 0 radical (unpaired) electrons. The molecule has 0 aliphatic heterocycles. The standard InChI is InChI=1S/C11H12O4/c1-2-9(12)10(11(13)14)15-8-6-4-3-5-7-8/h3-7,10H,2H2,1H3,(H,13,14). The van der Waals surface area contributed by atoms with Gasteiger partial charge in [-0.2, -0.15) is 0 Å². The van der Waals surface area contributed by atoms with Gasteiger partial charge in [0.1, 0.15) is 5.75 Å². The van der Waals surface area contributed by atoms with E-state index in [4.69, 9.17) is 9.84 Å². The van der Waals surface area contributed by atoms with Crippen molar-refractivity contribution < 1.29 is 19.4 Å². The third-order valence-electron chi connectivity index (χ3n) is 1.86. The fourth-order valence-electron chi connectivity index (χ4n) is 1.07. The number of carbonyl (C=O) groups excluding carboxylic acids is 1. The summed E-state index contributed by atoms with van der Waals surface area (Å²) in [6.45, 7) is 1.60. The zero-order chi connectivity index (χ0) is 11.3. The second-order valence-electron chi connectivity index (χ2n) is 2.97. The minimum Gasteiger partial charge on any atom is -0.478 e. The molecule has 0 amide bonds. The Bertz CT molecular complexity index is 345. The summed E-state index contributed by atoms with van der Waals surface area (Å²) in [5, 5.41) is 8.79. The molecule has 1 aromatic rings. The van der Waals surface area contributed by atoms with Gasteiger partial charge >= 0.3 is 5.97 Å². The molecular formula is C11H12O4. The van der Waals surface area contributed by atoms with Crippen molar-refractivity contribution in [3.63, 3.8) is 0 Å². The van der Waals surface area contributed by atoms with Gasteiger partial charge in [0.05, 0.1) is 0 Å². The number of para-hydroxylation sites is 1. The molecule has 0 aliphatic rings. The first-order valence-electron chi connectivity index (χ1n) is 4.62. The molecule has 1 rings (SSSR count). The summed E-state index contributed by atoms with van der Waals surface area (Å²) in [5.41, 5.74) is 0. The van der Waals surface area contributed by atoms with E-state index in [1.807, 2.05) is 0 Å². The Hall–Kier alpha value is -1.84. The third-order valence-corrected chi connectivity index (χ3v) is 1.86. The molecular weight excluding hydrogens is 196 g/mol. The van der Waals surface area contributed by atoms with E-state index in [0.717, 1.165) is 0 Å². The van der Waals surface area contributed by atoms with Crippen molar-refractivity contribution in [2.75, 3.05) is 0 Å². The van der Waals surface area contributed by atoms with Crippen LogP contribution in [0.3, 0.4) is 0 Å². The third kappa shape index (κ3) is 3.09. The van der Waals surface area contributed by atoms with E-state index in [2.05, 4.69) is 0 Å². The number of benzene rings is 1. The van der Waals surface area contributed by atoms with Gasteiger partial charge in [0.15, 0.2) is 5.78 Å². The van der Waals surface area contributed by atoms with Gasteiger partial charge in [-0.3, -0.25) is 4.79 Å². The molecule has 0 bridgehead atoms. The van der Waals surface area contributed by atoms with Crippen molar-refractivity contribution in [2.45, 2.75) is 19.4 Å². The monoisotopic (exact) mass is 208 g/mol. The molecule has 0 saturated carbocycles. The summed E-state index contributed by atoms with van der Waals surface area (Å²) in [7, 11) is 0. The first kappa shape index (κ1) is 11.2. The first-order chi connectivity index (χ1) is 7.15. The Morgan fingerprint density at radius 2 is 1.93 bits per heavy atom. The maximum atomic E-state index is 11.3. The van der Waals surface area contributed by atoms with Crippen LogP contribution in [0, 0.1) is 0 Å². The van der Waals surface area contributed by atoms with Crippen molar-refractivity contribution in [3.8, 4) is 5.75 Å². The Kier molecular flexibility index (Phi) is 3.85. The molecule has 1 unspecified atom stereocenters. The number of ether oxygens (including phenoxy) is 1. The predicted octanol–water partition coefficient (Wildman–Crippen LogP) is 1.50. The van der Waals surface area contributed by atoms with Gasteiger partial charge < -0.3 is 9.84 Å². The van der Waals surface area contributed by atoms with Gasteiger partial charge in [0.25, 0.3) is 6.10 Å². The quantitative estimate of drug-likeness (QED) is 0.745. The Morgan fingerprint density at radius 1 is 1.33 bits per heavy atom. The lowest BCUT2D eigenvalue weighted by Crippen LogP contribution is -2.35. The highest BCUT2D eigenvalue weighted by molar-refractivity contribution is 6.01. The highest BCUT2D eigenvalue weighted by atomic mass is 16.5. The van der Waals surface area contributed by atoms with Crippen molar-refractivity contribution in [1.82, 2.24) is 0 Å². The summed E-state index contributed by atoms with van der Waals surface area (Å²) < 4.78 is 5.08. The van der Waals surface area contributed by atoms with Crippen LogP contribution >= 0.6 is 0 Å². The van der Waals surface area contributed by atoms with Crippen molar-refractivity contribution in [3.05, 3.63) is 30.3 Å². The van der Waals surface area contributed by atoms with Gasteiger partial charge in [-0.15, -0.1) is 0 Å². The number of carbonyl (C=O) groups is 2. The van der Waals surface area contributed by atoms with Gasteiger partial charge in [-0.05, 0) is 12.1 Å². The van der Waals surface area contributed by atoms with Crippen LogP contribution in [0.15, 0.2) is 30.3 Å². The smallest absolute Gasteiger partial charge is 0.352 e. The number of Topliss-reactive ketones (excluding diaryl/α,β-unsaturated/α-hetero) is 1. The molecule has 1 N–H and O–H groups in total. The molecule has 0 aliphatic carbocycles. The zero-order valence-electron chi connectivity index (χ0n) is 8.34. The number of carboxylic acids is 1. The Labute approximate surface area is 87.5 Å². The maximum absolute atomic E-state index is 11.3. The molecule has 4 heteroatoms. The largest absolute Gasteiger partial charge is 0.478 e. The van der Waals surface area contributed by atoms with Crippen LogP contribution in [0.4, 0.5) is 0 Å². The lowest BCUT2D eigenvalue weighted by atomic mass is 10.2. The van der Waals surface area contributed by atoms with Gasteiger partial charge in [0, 0.05) is 6.42 Å². The molecule has 0 spiro atoms. The van der Waals surface area contributed by atoms with Gasteiger partial charge in [-0.25, -0.2) is 4.79 Å². The molecule has 0 fully saturated rings. The van der Waals surface area contributed by atoms with E-state index < -0.39 is 17.9 Å². The molecule has 1 atom stereocenters. The summed E-state index contributed by atoms with van der Waals surface area (Å²) in [5.74, 6) is -1.32. The van der Waals surface area contributed by atoms with Crippen LogP contribution < -0.4 is 4.74 Å². The number of hydrogen-bond acceptors (Lipinski definition) is 3.